The van der Waals surface area contributed by atoms with Crippen LogP contribution in [0.4, 0.5) is 5.69 Å². The van der Waals surface area contributed by atoms with Gasteiger partial charge >= 0.3 is 0 Å². The van der Waals surface area contributed by atoms with Crippen LogP contribution < -0.4 is 10.1 Å². The van der Waals surface area contributed by atoms with E-state index in [2.05, 4.69) is 10.5 Å². The molecular formula is C22H21ClN2O4. The summed E-state index contributed by atoms with van der Waals surface area (Å²) in [7, 11) is 0. The SMILES string of the molecule is Cc1onc(-c2ccccc2Cl)c1C(=O)Nc1ccc(OCC2CCCO2)cc1. The van der Waals surface area contributed by atoms with E-state index >= 15 is 0 Å². The molecule has 1 aliphatic rings. The first kappa shape index (κ1) is 19.5. The Morgan fingerprint density at radius 2 is 2.03 bits per heavy atom. The highest BCUT2D eigenvalue weighted by Crippen LogP contribution is 2.31. The number of amides is 1. The largest absolute Gasteiger partial charge is 0.491 e. The number of rotatable bonds is 6. The van der Waals surface area contributed by atoms with Crippen LogP contribution in [-0.2, 0) is 4.74 Å². The average Bonchev–Trinajstić information content (AvgIpc) is 3.37. The topological polar surface area (TPSA) is 73.6 Å². The third-order valence-corrected chi connectivity index (χ3v) is 5.12. The molecular weight excluding hydrogens is 392 g/mol. The number of halogens is 1. The molecule has 0 bridgehead atoms. The predicted octanol–water partition coefficient (Wildman–Crippen LogP) is 5.11. The molecule has 1 amide bonds. The zero-order chi connectivity index (χ0) is 20.2. The van der Waals surface area contributed by atoms with Gasteiger partial charge in [-0.3, -0.25) is 4.79 Å². The second kappa shape index (κ2) is 8.68. The molecule has 2 aromatic carbocycles. The summed E-state index contributed by atoms with van der Waals surface area (Å²) in [6, 6.07) is 14.4. The average molecular weight is 413 g/mol. The maximum absolute atomic E-state index is 12.9. The highest BCUT2D eigenvalue weighted by Gasteiger charge is 2.23. The number of hydrogen-bond donors (Lipinski definition) is 1. The standard InChI is InChI=1S/C22H21ClN2O4/c1-14-20(21(25-29-14)18-6-2-3-7-19(18)23)22(26)24-15-8-10-16(11-9-15)28-13-17-5-4-12-27-17/h2-3,6-11,17H,4-5,12-13H2,1H3,(H,24,26). The first-order valence-corrected chi connectivity index (χ1v) is 9.86. The van der Waals surface area contributed by atoms with Crippen LogP contribution in [0.5, 0.6) is 5.75 Å². The second-order valence-corrected chi connectivity index (χ2v) is 7.27. The van der Waals surface area contributed by atoms with Crippen molar-refractivity contribution < 1.29 is 18.8 Å². The molecule has 2 heterocycles. The summed E-state index contributed by atoms with van der Waals surface area (Å²) in [4.78, 5) is 12.9. The van der Waals surface area contributed by atoms with Gasteiger partial charge < -0.3 is 19.3 Å². The van der Waals surface area contributed by atoms with Crippen molar-refractivity contribution in [1.29, 1.82) is 0 Å². The molecule has 0 saturated carbocycles. The highest BCUT2D eigenvalue weighted by molar-refractivity contribution is 6.33. The molecule has 1 aliphatic heterocycles. The monoisotopic (exact) mass is 412 g/mol. The number of nitrogens with one attached hydrogen (secondary N) is 1. The van der Waals surface area contributed by atoms with Gasteiger partial charge in [-0.15, -0.1) is 0 Å². The fourth-order valence-corrected chi connectivity index (χ4v) is 3.49. The summed E-state index contributed by atoms with van der Waals surface area (Å²) in [5, 5.41) is 7.41. The Kier molecular flexibility index (Phi) is 5.83. The van der Waals surface area contributed by atoms with E-state index in [9.17, 15) is 4.79 Å². The maximum Gasteiger partial charge on any atom is 0.261 e. The lowest BCUT2D eigenvalue weighted by Crippen LogP contribution is -2.16. The third-order valence-electron chi connectivity index (χ3n) is 4.79. The van der Waals surface area contributed by atoms with Gasteiger partial charge in [-0.05, 0) is 50.1 Å². The van der Waals surface area contributed by atoms with Gasteiger partial charge in [0.1, 0.15) is 29.4 Å². The van der Waals surface area contributed by atoms with Gasteiger partial charge in [0.2, 0.25) is 0 Å². The Morgan fingerprint density at radius 1 is 1.24 bits per heavy atom. The highest BCUT2D eigenvalue weighted by atomic mass is 35.5. The van der Waals surface area contributed by atoms with E-state index < -0.39 is 0 Å². The van der Waals surface area contributed by atoms with Crippen molar-refractivity contribution in [1.82, 2.24) is 5.16 Å². The third kappa shape index (κ3) is 4.44. The molecule has 7 heteroatoms. The lowest BCUT2D eigenvalue weighted by molar-refractivity contribution is 0.0679. The number of carbonyl (C=O) groups is 1. The van der Waals surface area contributed by atoms with Crippen LogP contribution >= 0.6 is 11.6 Å². The molecule has 1 unspecified atom stereocenters. The summed E-state index contributed by atoms with van der Waals surface area (Å²) < 4.78 is 16.6. The molecule has 0 radical (unpaired) electrons. The molecule has 1 aromatic heterocycles. The van der Waals surface area contributed by atoms with Gasteiger partial charge in [0.15, 0.2) is 0 Å². The Bertz CT molecular complexity index is 994. The van der Waals surface area contributed by atoms with Crippen LogP contribution in [0.25, 0.3) is 11.3 Å². The minimum Gasteiger partial charge on any atom is -0.491 e. The normalized spacial score (nSPS) is 16.0. The lowest BCUT2D eigenvalue weighted by Gasteiger charge is -2.12. The summed E-state index contributed by atoms with van der Waals surface area (Å²) >= 11 is 6.26. The minimum absolute atomic E-state index is 0.161. The van der Waals surface area contributed by atoms with Crippen LogP contribution in [0, 0.1) is 6.92 Å². The molecule has 0 aliphatic carbocycles. The smallest absolute Gasteiger partial charge is 0.261 e. The quantitative estimate of drug-likeness (QED) is 0.608. The number of hydrogen-bond acceptors (Lipinski definition) is 5. The van der Waals surface area contributed by atoms with E-state index in [1.165, 1.54) is 0 Å². The Labute approximate surface area is 173 Å². The zero-order valence-corrected chi connectivity index (χ0v) is 16.7. The first-order chi connectivity index (χ1) is 14.1. The summed E-state index contributed by atoms with van der Waals surface area (Å²) in [6.45, 7) is 3.04. The summed E-state index contributed by atoms with van der Waals surface area (Å²) in [5.74, 6) is 0.844. The van der Waals surface area contributed by atoms with Crippen molar-refractivity contribution >= 4 is 23.2 Å². The van der Waals surface area contributed by atoms with Gasteiger partial charge in [0, 0.05) is 17.9 Å². The van der Waals surface area contributed by atoms with Crippen molar-refractivity contribution in [3.05, 3.63) is 64.9 Å². The second-order valence-electron chi connectivity index (χ2n) is 6.87. The van der Waals surface area contributed by atoms with Crippen molar-refractivity contribution in [2.24, 2.45) is 0 Å². The number of carbonyl (C=O) groups excluding carboxylic acids is 1. The Hall–Kier alpha value is -2.83. The Morgan fingerprint density at radius 3 is 2.76 bits per heavy atom. The number of nitrogens with zero attached hydrogens (tertiary/aromatic N) is 1. The van der Waals surface area contributed by atoms with Crippen molar-refractivity contribution in [2.75, 3.05) is 18.5 Å². The van der Waals surface area contributed by atoms with E-state index in [0.717, 1.165) is 25.2 Å². The summed E-state index contributed by atoms with van der Waals surface area (Å²) in [6.07, 6.45) is 2.27. The molecule has 1 atom stereocenters. The van der Waals surface area contributed by atoms with Crippen LogP contribution in [0.3, 0.4) is 0 Å². The van der Waals surface area contributed by atoms with Crippen LogP contribution in [0.2, 0.25) is 5.02 Å². The van der Waals surface area contributed by atoms with Crippen molar-refractivity contribution in [2.45, 2.75) is 25.9 Å². The van der Waals surface area contributed by atoms with Gasteiger partial charge in [-0.1, -0.05) is 35.0 Å². The molecule has 1 fully saturated rings. The van der Waals surface area contributed by atoms with Gasteiger partial charge in [-0.2, -0.15) is 0 Å². The molecule has 3 aromatic rings. The van der Waals surface area contributed by atoms with E-state index in [4.69, 9.17) is 25.6 Å². The molecule has 6 nitrogen and oxygen atoms in total. The van der Waals surface area contributed by atoms with E-state index in [1.807, 2.05) is 24.3 Å². The number of anilines is 1. The van der Waals surface area contributed by atoms with E-state index in [0.29, 0.717) is 39.9 Å². The molecule has 4 rings (SSSR count). The number of aryl methyl sites for hydroxylation is 1. The zero-order valence-electron chi connectivity index (χ0n) is 16.0. The molecule has 29 heavy (non-hydrogen) atoms. The van der Waals surface area contributed by atoms with Crippen LogP contribution in [0.1, 0.15) is 29.0 Å². The van der Waals surface area contributed by atoms with Gasteiger partial charge in [-0.25, -0.2) is 0 Å². The predicted molar refractivity (Wildman–Crippen MR) is 111 cm³/mol. The van der Waals surface area contributed by atoms with E-state index in [1.54, 1.807) is 31.2 Å². The Balaban J connectivity index is 1.46. The van der Waals surface area contributed by atoms with Crippen molar-refractivity contribution in [3.8, 4) is 17.0 Å². The summed E-state index contributed by atoms with van der Waals surface area (Å²) in [5.41, 5.74) is 2.07. The van der Waals surface area contributed by atoms with Crippen LogP contribution in [0.15, 0.2) is 53.1 Å². The van der Waals surface area contributed by atoms with Crippen LogP contribution in [-0.4, -0.2) is 30.4 Å². The number of ether oxygens (including phenoxy) is 2. The number of aromatic nitrogens is 1. The molecule has 1 saturated heterocycles. The van der Waals surface area contributed by atoms with E-state index in [-0.39, 0.29) is 12.0 Å². The molecule has 0 spiro atoms. The fraction of sp³-hybridized carbons (Fsp3) is 0.273. The molecule has 1 N–H and O–H groups in total. The first-order valence-electron chi connectivity index (χ1n) is 9.49. The maximum atomic E-state index is 12.9. The molecule has 150 valence electrons. The fourth-order valence-electron chi connectivity index (χ4n) is 3.27. The van der Waals surface area contributed by atoms with Crippen molar-refractivity contribution in [3.63, 3.8) is 0 Å². The minimum atomic E-state index is -0.313. The van der Waals surface area contributed by atoms with Gasteiger partial charge in [0.25, 0.3) is 5.91 Å². The lowest BCUT2D eigenvalue weighted by atomic mass is 10.1. The number of benzene rings is 2. The van der Waals surface area contributed by atoms with Gasteiger partial charge in [0.05, 0.1) is 11.1 Å².